The lowest BCUT2D eigenvalue weighted by Gasteiger charge is -2.43. The minimum absolute atomic E-state index is 0.0131. The van der Waals surface area contributed by atoms with Gasteiger partial charge in [-0.3, -0.25) is 4.79 Å². The van der Waals surface area contributed by atoms with E-state index in [1.807, 2.05) is 52.0 Å². The van der Waals surface area contributed by atoms with Crippen LogP contribution in [0, 0.1) is 5.92 Å². The number of aryl methyl sites for hydroxylation is 2. The summed E-state index contributed by atoms with van der Waals surface area (Å²) in [5.74, 6) is -0.539. The van der Waals surface area contributed by atoms with Crippen LogP contribution in [0.25, 0.3) is 11.0 Å². The maximum absolute atomic E-state index is 14.1. The quantitative estimate of drug-likeness (QED) is 0.116. The lowest BCUT2D eigenvalue weighted by molar-refractivity contribution is -0.188. The molecule has 0 aliphatic carbocycles. The smallest absolute Gasteiger partial charge is 0.339 e. The zero-order valence-electron chi connectivity index (χ0n) is 29.6. The van der Waals surface area contributed by atoms with Crippen molar-refractivity contribution in [2.45, 2.75) is 90.4 Å². The van der Waals surface area contributed by atoms with Crippen LogP contribution in [0.4, 0.5) is 0 Å². The Morgan fingerprint density at radius 1 is 0.860 bits per heavy atom. The van der Waals surface area contributed by atoms with Gasteiger partial charge < -0.3 is 23.4 Å². The van der Waals surface area contributed by atoms with Gasteiger partial charge in [0.15, 0.2) is 12.2 Å². The molecule has 8 nitrogen and oxygen atoms in total. The Morgan fingerprint density at radius 3 is 2.32 bits per heavy atom. The van der Waals surface area contributed by atoms with Crippen LogP contribution in [-0.4, -0.2) is 37.4 Å². The molecule has 0 radical (unpaired) electrons. The van der Waals surface area contributed by atoms with Crippen molar-refractivity contribution in [3.8, 4) is 5.75 Å². The number of carbonyl (C=O) groups is 2. The molecule has 50 heavy (non-hydrogen) atoms. The number of carbonyl (C=O) groups excluding carboxylic acids is 2. The fourth-order valence-electron chi connectivity index (χ4n) is 7.06. The normalized spacial score (nSPS) is 20.7. The summed E-state index contributed by atoms with van der Waals surface area (Å²) < 4.78 is 30.4. The van der Waals surface area contributed by atoms with Crippen LogP contribution in [0.2, 0.25) is 0 Å². The van der Waals surface area contributed by atoms with Gasteiger partial charge in [0.05, 0.1) is 12.2 Å². The van der Waals surface area contributed by atoms with Gasteiger partial charge in [0.2, 0.25) is 0 Å². The number of rotatable bonds is 6. The van der Waals surface area contributed by atoms with Crippen molar-refractivity contribution >= 4 is 22.9 Å². The Bertz CT molecular complexity index is 1930. The first-order valence-electron chi connectivity index (χ1n) is 17.5. The molecule has 3 aliphatic heterocycles. The first-order chi connectivity index (χ1) is 24.0. The molecule has 0 fully saturated rings. The fourth-order valence-corrected chi connectivity index (χ4v) is 7.06. The van der Waals surface area contributed by atoms with E-state index in [-0.39, 0.29) is 17.9 Å². The predicted octanol–water partition coefficient (Wildman–Crippen LogP) is 7.81. The number of esters is 2. The minimum Gasteiger partial charge on any atom is -0.483 e. The highest BCUT2D eigenvalue weighted by atomic mass is 16.6. The zero-order chi connectivity index (χ0) is 35.4. The van der Waals surface area contributed by atoms with Crippen LogP contribution in [0.1, 0.15) is 80.9 Å². The molecule has 0 amide bonds. The van der Waals surface area contributed by atoms with E-state index < -0.39 is 35.4 Å². The van der Waals surface area contributed by atoms with Gasteiger partial charge in [0, 0.05) is 36.5 Å². The van der Waals surface area contributed by atoms with Gasteiger partial charge in [-0.2, -0.15) is 0 Å². The van der Waals surface area contributed by atoms with Crippen molar-refractivity contribution in [3.05, 3.63) is 122 Å². The van der Waals surface area contributed by atoms with Crippen LogP contribution < -0.4 is 10.4 Å². The Hall–Kier alpha value is -4.69. The molecule has 262 valence electrons. The van der Waals surface area contributed by atoms with Gasteiger partial charge in [-0.15, -0.1) is 0 Å². The summed E-state index contributed by atoms with van der Waals surface area (Å²) in [6.45, 7) is 7.78. The highest BCUT2D eigenvalue weighted by Gasteiger charge is 2.50. The van der Waals surface area contributed by atoms with E-state index in [0.717, 1.165) is 29.5 Å². The average molecular weight is 679 g/mol. The largest absolute Gasteiger partial charge is 0.483 e. The van der Waals surface area contributed by atoms with Crippen molar-refractivity contribution < 1.29 is 33.0 Å². The minimum atomic E-state index is -1.10. The molecule has 3 aliphatic rings. The van der Waals surface area contributed by atoms with Crippen molar-refractivity contribution in [2.75, 3.05) is 13.7 Å². The van der Waals surface area contributed by atoms with E-state index >= 15 is 0 Å². The van der Waals surface area contributed by atoms with Crippen molar-refractivity contribution in [2.24, 2.45) is 5.92 Å². The number of ether oxygens (including phenoxy) is 4. The topological polar surface area (TPSA) is 101 Å². The molecule has 3 atom stereocenters. The zero-order valence-corrected chi connectivity index (χ0v) is 29.6. The molecule has 0 saturated carbocycles. The van der Waals surface area contributed by atoms with E-state index in [4.69, 9.17) is 23.4 Å². The second-order valence-corrected chi connectivity index (χ2v) is 14.2. The first-order valence-corrected chi connectivity index (χ1v) is 17.5. The molecule has 0 unspecified atom stereocenters. The van der Waals surface area contributed by atoms with Gasteiger partial charge in [0.25, 0.3) is 0 Å². The lowest BCUT2D eigenvalue weighted by atomic mass is 9.86. The Morgan fingerprint density at radius 2 is 1.60 bits per heavy atom. The van der Waals surface area contributed by atoms with Crippen molar-refractivity contribution in [1.82, 2.24) is 0 Å². The molecule has 3 aromatic carbocycles. The Balaban J connectivity index is 1.44. The Labute approximate surface area is 293 Å². The van der Waals surface area contributed by atoms with Crippen LogP contribution in [0.3, 0.4) is 0 Å². The summed E-state index contributed by atoms with van der Waals surface area (Å²) in [6.07, 6.45) is 1.84. The third-order valence-corrected chi connectivity index (χ3v) is 9.86. The molecule has 4 aromatic rings. The molecule has 4 heterocycles. The number of methoxy groups -OCH3 is 1. The molecular weight excluding hydrogens is 632 g/mol. The maximum atomic E-state index is 14.1. The summed E-state index contributed by atoms with van der Waals surface area (Å²) in [5.41, 5.74) is 4.33. The molecule has 1 aromatic heterocycles. The van der Waals surface area contributed by atoms with Crippen molar-refractivity contribution in [1.29, 1.82) is 0 Å². The number of hydrogen-bond donors (Lipinski definition) is 0. The highest BCUT2D eigenvalue weighted by molar-refractivity contribution is 5.90. The standard InChI is InChI=1S/C42H46O8/c1-26(2)33-19-17-28-11-14-29(15-12-28)23-30(16-13-27-9-7-6-8-10-27)24-35(43)47-38-36-34(50-42(3,4)39(38)49-41(33)45)20-18-31-25-32(21-22-46-5)40(44)48-37(31)36/h6-12,14-15,18,20,25,30,38-39H,13,16-17,19,21-24H2,1-5H3/t30-,38-,39-/m0/s1. The molecule has 0 spiro atoms. The third kappa shape index (κ3) is 7.86. The summed E-state index contributed by atoms with van der Waals surface area (Å²) in [6, 6.07) is 24.1. The van der Waals surface area contributed by atoms with Crippen molar-refractivity contribution in [3.63, 3.8) is 0 Å². The summed E-state index contributed by atoms with van der Waals surface area (Å²) in [7, 11) is 1.58. The lowest BCUT2D eigenvalue weighted by Crippen LogP contribution is -2.52. The van der Waals surface area contributed by atoms with Gasteiger partial charge in [-0.05, 0) is 101 Å². The van der Waals surface area contributed by atoms with Gasteiger partial charge in [0.1, 0.15) is 16.9 Å². The van der Waals surface area contributed by atoms with Crippen LogP contribution in [0.15, 0.2) is 93.2 Å². The Kier molecular flexibility index (Phi) is 10.6. The third-order valence-electron chi connectivity index (χ3n) is 9.86. The van der Waals surface area contributed by atoms with E-state index in [1.54, 1.807) is 19.2 Å². The van der Waals surface area contributed by atoms with E-state index in [1.165, 1.54) is 5.56 Å². The number of benzene rings is 3. The second-order valence-electron chi connectivity index (χ2n) is 14.2. The molecule has 2 bridgehead atoms. The fraction of sp³-hybridized carbons (Fsp3) is 0.405. The number of fused-ring (bicyclic) bond motifs is 13. The van der Waals surface area contributed by atoms with Crippen LogP contribution in [-0.2, 0) is 49.5 Å². The van der Waals surface area contributed by atoms with Gasteiger partial charge in [-0.25, -0.2) is 9.59 Å². The number of allylic oxidation sites excluding steroid dienone is 1. The van der Waals surface area contributed by atoms with Gasteiger partial charge >= 0.3 is 17.6 Å². The first kappa shape index (κ1) is 35.1. The van der Waals surface area contributed by atoms with Crippen LogP contribution >= 0.6 is 0 Å². The van der Waals surface area contributed by atoms with Gasteiger partial charge in [-0.1, -0.05) is 60.2 Å². The highest BCUT2D eigenvalue weighted by Crippen LogP contribution is 2.47. The molecule has 8 heteroatoms. The molecule has 0 saturated heterocycles. The van der Waals surface area contributed by atoms with Crippen LogP contribution in [0.5, 0.6) is 5.75 Å². The molecule has 7 rings (SSSR count). The van der Waals surface area contributed by atoms with E-state index in [2.05, 4.69) is 36.4 Å². The summed E-state index contributed by atoms with van der Waals surface area (Å²) in [4.78, 5) is 41.4. The monoisotopic (exact) mass is 678 g/mol. The van der Waals surface area contributed by atoms with E-state index in [9.17, 15) is 14.4 Å². The SMILES string of the molecule is COCCc1cc2ccc3c(c2oc1=O)[C@@H]1OC(=O)C[C@@H](CCc2ccccc2)Cc2ccc(cc2)CCC(=C(C)C)C(=O)O[C@@H]1C(C)(C)O3. The second kappa shape index (κ2) is 15.1. The molecule has 0 N–H and O–H groups in total. The average Bonchev–Trinajstić information content (AvgIpc) is 3.08. The van der Waals surface area contributed by atoms with E-state index in [0.29, 0.717) is 60.1 Å². The predicted molar refractivity (Wildman–Crippen MR) is 191 cm³/mol. The number of hydrogen-bond acceptors (Lipinski definition) is 8. The summed E-state index contributed by atoms with van der Waals surface area (Å²) in [5, 5.41) is 0.639. The maximum Gasteiger partial charge on any atom is 0.339 e. The molecular formula is C42H46O8. The summed E-state index contributed by atoms with van der Waals surface area (Å²) >= 11 is 0.